The second-order valence-corrected chi connectivity index (χ2v) is 8.08. The molecule has 1 aromatic carbocycles. The van der Waals surface area contributed by atoms with E-state index in [0.717, 1.165) is 62.8 Å². The number of hydrogen-bond donors (Lipinski definition) is 1. The first-order valence-corrected chi connectivity index (χ1v) is 10.8. The van der Waals surface area contributed by atoms with Gasteiger partial charge in [-0.3, -0.25) is 9.69 Å². The van der Waals surface area contributed by atoms with E-state index in [-0.39, 0.29) is 17.9 Å². The minimum absolute atomic E-state index is 0.0315. The van der Waals surface area contributed by atoms with Crippen molar-refractivity contribution in [3.05, 3.63) is 41.5 Å². The molecule has 2 aliphatic heterocycles. The molecular formula is C22H31N5O3. The van der Waals surface area contributed by atoms with E-state index in [1.54, 1.807) is 7.11 Å². The highest BCUT2D eigenvalue weighted by Crippen LogP contribution is 2.22. The Morgan fingerprint density at radius 3 is 2.83 bits per heavy atom. The van der Waals surface area contributed by atoms with E-state index in [1.165, 1.54) is 5.56 Å². The van der Waals surface area contributed by atoms with E-state index in [0.29, 0.717) is 13.2 Å². The number of carbonyl (C=O) groups is 1. The lowest BCUT2D eigenvalue weighted by Crippen LogP contribution is -2.36. The molecule has 0 bridgehead atoms. The largest absolute Gasteiger partial charge is 0.496 e. The van der Waals surface area contributed by atoms with Crippen LogP contribution in [0.5, 0.6) is 5.75 Å². The highest BCUT2D eigenvalue weighted by molar-refractivity contribution is 5.79. The van der Waals surface area contributed by atoms with Gasteiger partial charge < -0.3 is 19.4 Å². The maximum Gasteiger partial charge on any atom is 0.223 e. The van der Waals surface area contributed by atoms with E-state index >= 15 is 0 Å². The van der Waals surface area contributed by atoms with Crippen LogP contribution in [0.2, 0.25) is 0 Å². The zero-order valence-corrected chi connectivity index (χ0v) is 17.8. The highest BCUT2D eigenvalue weighted by Gasteiger charge is 2.26. The topological polar surface area (TPSA) is 81.5 Å². The summed E-state index contributed by atoms with van der Waals surface area (Å²) in [4.78, 5) is 15.0. The number of benzene rings is 1. The molecule has 1 N–H and O–H groups in total. The zero-order valence-electron chi connectivity index (χ0n) is 17.8. The molecule has 3 heterocycles. The quantitative estimate of drug-likeness (QED) is 0.780. The van der Waals surface area contributed by atoms with Crippen molar-refractivity contribution in [2.24, 2.45) is 5.92 Å². The first-order chi connectivity index (χ1) is 14.7. The van der Waals surface area contributed by atoms with Gasteiger partial charge in [0, 0.05) is 57.3 Å². The van der Waals surface area contributed by atoms with Gasteiger partial charge in [-0.05, 0) is 25.8 Å². The fourth-order valence-corrected chi connectivity index (χ4v) is 4.30. The Hall–Kier alpha value is -2.45. The number of carbonyl (C=O) groups excluding carboxylic acids is 1. The van der Waals surface area contributed by atoms with E-state index < -0.39 is 0 Å². The van der Waals surface area contributed by atoms with Crippen LogP contribution < -0.4 is 10.1 Å². The van der Waals surface area contributed by atoms with Crippen LogP contribution in [0.1, 0.15) is 43.0 Å². The van der Waals surface area contributed by atoms with Gasteiger partial charge in [-0.1, -0.05) is 18.2 Å². The molecular weight excluding hydrogens is 382 g/mol. The SMILES string of the molecule is COc1ccccc1CN1CCc2nnc([C@H](C)NC(=O)C3CCOCC3)n2CC1. The molecule has 0 radical (unpaired) electrons. The van der Waals surface area contributed by atoms with Crippen LogP contribution in [-0.4, -0.2) is 59.0 Å². The second-order valence-electron chi connectivity index (χ2n) is 8.08. The van der Waals surface area contributed by atoms with Crippen LogP contribution in [0.15, 0.2) is 24.3 Å². The number of aromatic nitrogens is 3. The number of para-hydroxylation sites is 1. The lowest BCUT2D eigenvalue weighted by atomic mass is 9.99. The second kappa shape index (κ2) is 9.57. The van der Waals surface area contributed by atoms with Crippen molar-refractivity contribution in [2.75, 3.05) is 33.4 Å². The third-order valence-corrected chi connectivity index (χ3v) is 6.07. The Labute approximate surface area is 177 Å². The molecule has 8 nitrogen and oxygen atoms in total. The predicted molar refractivity (Wildman–Crippen MR) is 112 cm³/mol. The maximum absolute atomic E-state index is 12.6. The van der Waals surface area contributed by atoms with Crippen LogP contribution in [0, 0.1) is 5.92 Å². The van der Waals surface area contributed by atoms with Gasteiger partial charge in [0.25, 0.3) is 0 Å². The van der Waals surface area contributed by atoms with Gasteiger partial charge in [-0.2, -0.15) is 0 Å². The number of nitrogens with one attached hydrogen (secondary N) is 1. The number of hydrogen-bond acceptors (Lipinski definition) is 6. The molecule has 1 aromatic heterocycles. The average molecular weight is 414 g/mol. The van der Waals surface area contributed by atoms with Gasteiger partial charge in [0.05, 0.1) is 13.2 Å². The van der Waals surface area contributed by atoms with Gasteiger partial charge in [0.1, 0.15) is 11.6 Å². The first-order valence-electron chi connectivity index (χ1n) is 10.8. The molecule has 30 heavy (non-hydrogen) atoms. The number of fused-ring (bicyclic) bond motifs is 1. The van der Waals surface area contributed by atoms with E-state index in [2.05, 4.69) is 31.0 Å². The zero-order chi connectivity index (χ0) is 20.9. The molecule has 1 amide bonds. The summed E-state index contributed by atoms with van der Waals surface area (Å²) in [6.45, 7) is 6.78. The van der Waals surface area contributed by atoms with Crippen molar-refractivity contribution < 1.29 is 14.3 Å². The smallest absolute Gasteiger partial charge is 0.223 e. The fourth-order valence-electron chi connectivity index (χ4n) is 4.30. The van der Waals surface area contributed by atoms with Gasteiger partial charge in [0.15, 0.2) is 5.82 Å². The molecule has 0 unspecified atom stereocenters. The predicted octanol–water partition coefficient (Wildman–Crippen LogP) is 1.95. The number of rotatable bonds is 6. The Morgan fingerprint density at radius 2 is 2.03 bits per heavy atom. The first kappa shape index (κ1) is 20.8. The van der Waals surface area contributed by atoms with Gasteiger partial charge in [0.2, 0.25) is 5.91 Å². The number of nitrogens with zero attached hydrogens (tertiary/aromatic N) is 4. The van der Waals surface area contributed by atoms with Gasteiger partial charge >= 0.3 is 0 Å². The van der Waals surface area contributed by atoms with E-state index in [4.69, 9.17) is 9.47 Å². The molecule has 4 rings (SSSR count). The standard InChI is InChI=1S/C22H31N5O3/c1-16(23-22(28)17-8-13-30-14-9-17)21-25-24-20-7-10-26(11-12-27(20)21)15-18-5-3-4-6-19(18)29-2/h3-6,16-17H,7-15H2,1-2H3,(H,23,28)/t16-/m0/s1. The summed E-state index contributed by atoms with van der Waals surface area (Å²) in [6.07, 6.45) is 2.41. The van der Waals surface area contributed by atoms with Crippen LogP contribution in [0.25, 0.3) is 0 Å². The van der Waals surface area contributed by atoms with Crippen LogP contribution in [0.3, 0.4) is 0 Å². The summed E-state index contributed by atoms with van der Waals surface area (Å²) in [5.74, 6) is 2.87. The van der Waals surface area contributed by atoms with Crippen LogP contribution in [-0.2, 0) is 29.0 Å². The molecule has 1 fully saturated rings. The molecule has 1 atom stereocenters. The summed E-state index contributed by atoms with van der Waals surface area (Å²) in [5, 5.41) is 12.0. The Kier molecular flexibility index (Phi) is 6.64. The van der Waals surface area contributed by atoms with Crippen molar-refractivity contribution in [1.29, 1.82) is 0 Å². The lowest BCUT2D eigenvalue weighted by molar-refractivity contribution is -0.128. The summed E-state index contributed by atoms with van der Waals surface area (Å²) in [5.41, 5.74) is 1.19. The van der Waals surface area contributed by atoms with E-state index in [1.807, 2.05) is 25.1 Å². The summed E-state index contributed by atoms with van der Waals surface area (Å²) < 4.78 is 13.0. The van der Waals surface area contributed by atoms with Crippen molar-refractivity contribution in [3.8, 4) is 5.75 Å². The summed E-state index contributed by atoms with van der Waals surface area (Å²) >= 11 is 0. The molecule has 2 aliphatic rings. The van der Waals surface area contributed by atoms with Crippen molar-refractivity contribution in [1.82, 2.24) is 25.0 Å². The van der Waals surface area contributed by atoms with Gasteiger partial charge in [-0.25, -0.2) is 0 Å². The molecule has 162 valence electrons. The lowest BCUT2D eigenvalue weighted by Gasteiger charge is -2.24. The molecule has 0 saturated carbocycles. The van der Waals surface area contributed by atoms with E-state index in [9.17, 15) is 4.79 Å². The normalized spacial score (nSPS) is 19.0. The number of ether oxygens (including phenoxy) is 2. The maximum atomic E-state index is 12.6. The number of methoxy groups -OCH3 is 1. The Bertz CT molecular complexity index is 862. The average Bonchev–Trinajstić information content (AvgIpc) is 3.09. The minimum atomic E-state index is -0.164. The third-order valence-electron chi connectivity index (χ3n) is 6.07. The van der Waals surface area contributed by atoms with Crippen molar-refractivity contribution in [3.63, 3.8) is 0 Å². The van der Waals surface area contributed by atoms with Crippen LogP contribution >= 0.6 is 0 Å². The Balaban J connectivity index is 1.39. The highest BCUT2D eigenvalue weighted by atomic mass is 16.5. The van der Waals surface area contributed by atoms with Gasteiger partial charge in [-0.15, -0.1) is 10.2 Å². The molecule has 0 spiro atoms. The van der Waals surface area contributed by atoms with Crippen molar-refractivity contribution >= 4 is 5.91 Å². The fraction of sp³-hybridized carbons (Fsp3) is 0.591. The van der Waals surface area contributed by atoms with Crippen LogP contribution in [0.4, 0.5) is 0 Å². The summed E-state index contributed by atoms with van der Waals surface area (Å²) in [6, 6.07) is 7.99. The molecule has 8 heteroatoms. The molecule has 2 aromatic rings. The molecule has 1 saturated heterocycles. The minimum Gasteiger partial charge on any atom is -0.496 e. The molecule has 0 aliphatic carbocycles. The van der Waals surface area contributed by atoms with Crippen molar-refractivity contribution in [2.45, 2.75) is 45.3 Å². The third kappa shape index (κ3) is 4.65. The number of amides is 1. The Morgan fingerprint density at radius 1 is 1.23 bits per heavy atom. The monoisotopic (exact) mass is 413 g/mol. The summed E-state index contributed by atoms with van der Waals surface area (Å²) in [7, 11) is 1.71.